The molecular formula is C18H20N2O5. The zero-order valence-corrected chi connectivity index (χ0v) is 14.2. The summed E-state index contributed by atoms with van der Waals surface area (Å²) in [6.07, 6.45) is 1.09. The molecule has 0 aliphatic rings. The highest BCUT2D eigenvalue weighted by Crippen LogP contribution is 2.29. The average Bonchev–Trinajstić information content (AvgIpc) is 2.62. The molecule has 132 valence electrons. The van der Waals surface area contributed by atoms with Crippen molar-refractivity contribution in [3.63, 3.8) is 0 Å². The molecular weight excluding hydrogens is 324 g/mol. The maximum absolute atomic E-state index is 11.9. The van der Waals surface area contributed by atoms with Crippen molar-refractivity contribution >= 4 is 17.3 Å². The zero-order valence-electron chi connectivity index (χ0n) is 14.2. The first kappa shape index (κ1) is 18.3. The quantitative estimate of drug-likeness (QED) is 0.584. The van der Waals surface area contributed by atoms with E-state index in [1.807, 2.05) is 24.3 Å². The van der Waals surface area contributed by atoms with E-state index in [1.165, 1.54) is 24.8 Å². The molecule has 7 nitrogen and oxygen atoms in total. The van der Waals surface area contributed by atoms with Gasteiger partial charge in [-0.05, 0) is 36.2 Å². The Hall–Kier alpha value is -3.09. The number of ether oxygens (including phenoxy) is 2. The third-order valence-electron chi connectivity index (χ3n) is 3.59. The first-order chi connectivity index (χ1) is 12.0. The van der Waals surface area contributed by atoms with Gasteiger partial charge in [0.1, 0.15) is 5.75 Å². The van der Waals surface area contributed by atoms with Crippen LogP contribution in [0, 0.1) is 10.1 Å². The van der Waals surface area contributed by atoms with Crippen molar-refractivity contribution < 1.29 is 19.2 Å². The van der Waals surface area contributed by atoms with E-state index >= 15 is 0 Å². The Balaban J connectivity index is 1.87. The molecule has 0 spiro atoms. The standard InChI is InChI=1S/C18H20N2O5/c1-3-13-4-7-15(8-5-13)25-11-10-18(21)19-14-6-9-17(24-2)16(12-14)20(22)23/h4-9,12H,3,10-11H2,1-2H3,(H,19,21). The van der Waals surface area contributed by atoms with E-state index in [0.29, 0.717) is 11.4 Å². The molecule has 2 rings (SSSR count). The number of amides is 1. The van der Waals surface area contributed by atoms with Gasteiger partial charge in [-0.2, -0.15) is 0 Å². The highest BCUT2D eigenvalue weighted by Gasteiger charge is 2.16. The van der Waals surface area contributed by atoms with Gasteiger partial charge < -0.3 is 14.8 Å². The van der Waals surface area contributed by atoms with Crippen molar-refractivity contribution in [3.8, 4) is 11.5 Å². The Labute approximate surface area is 145 Å². The number of nitrogens with zero attached hydrogens (tertiary/aromatic N) is 1. The molecule has 0 saturated carbocycles. The highest BCUT2D eigenvalue weighted by molar-refractivity contribution is 5.91. The van der Waals surface area contributed by atoms with Gasteiger partial charge in [0.25, 0.3) is 0 Å². The molecule has 0 radical (unpaired) electrons. The second kappa shape index (κ2) is 8.68. The topological polar surface area (TPSA) is 90.7 Å². The van der Waals surface area contributed by atoms with Crippen LogP contribution in [0.25, 0.3) is 0 Å². The maximum Gasteiger partial charge on any atom is 0.312 e. The van der Waals surface area contributed by atoms with E-state index < -0.39 is 4.92 Å². The molecule has 0 aliphatic heterocycles. The number of anilines is 1. The Morgan fingerprint density at radius 3 is 2.52 bits per heavy atom. The summed E-state index contributed by atoms with van der Waals surface area (Å²) in [4.78, 5) is 22.4. The minimum Gasteiger partial charge on any atom is -0.493 e. The second-order valence-corrected chi connectivity index (χ2v) is 5.29. The van der Waals surface area contributed by atoms with Crippen LogP contribution in [0.3, 0.4) is 0 Å². The number of nitro groups is 1. The fourth-order valence-electron chi connectivity index (χ4n) is 2.22. The Morgan fingerprint density at radius 1 is 1.20 bits per heavy atom. The number of hydrogen-bond acceptors (Lipinski definition) is 5. The van der Waals surface area contributed by atoms with E-state index in [1.54, 1.807) is 6.07 Å². The van der Waals surface area contributed by atoms with Crippen LogP contribution in [0.5, 0.6) is 11.5 Å². The molecule has 0 aliphatic carbocycles. The number of benzene rings is 2. The molecule has 0 atom stereocenters. The lowest BCUT2D eigenvalue weighted by molar-refractivity contribution is -0.385. The number of nitrogens with one attached hydrogen (secondary N) is 1. The highest BCUT2D eigenvalue weighted by atomic mass is 16.6. The summed E-state index contributed by atoms with van der Waals surface area (Å²) in [6.45, 7) is 2.29. The number of aryl methyl sites for hydroxylation is 1. The maximum atomic E-state index is 11.9. The Morgan fingerprint density at radius 2 is 1.92 bits per heavy atom. The lowest BCUT2D eigenvalue weighted by Crippen LogP contribution is -2.15. The largest absolute Gasteiger partial charge is 0.493 e. The van der Waals surface area contributed by atoms with E-state index in [0.717, 1.165) is 6.42 Å². The summed E-state index contributed by atoms with van der Waals surface area (Å²) in [5.41, 5.74) is 1.35. The van der Waals surface area contributed by atoms with Crippen LogP contribution in [0.1, 0.15) is 18.9 Å². The predicted molar refractivity (Wildman–Crippen MR) is 94.2 cm³/mol. The van der Waals surface area contributed by atoms with Gasteiger partial charge in [-0.3, -0.25) is 14.9 Å². The van der Waals surface area contributed by atoms with Gasteiger partial charge >= 0.3 is 5.69 Å². The first-order valence-electron chi connectivity index (χ1n) is 7.87. The van der Waals surface area contributed by atoms with Crippen LogP contribution in [0.4, 0.5) is 11.4 Å². The average molecular weight is 344 g/mol. The fourth-order valence-corrected chi connectivity index (χ4v) is 2.22. The van der Waals surface area contributed by atoms with E-state index in [-0.39, 0.29) is 30.4 Å². The Bertz CT molecular complexity index is 744. The molecule has 0 fully saturated rings. The third-order valence-corrected chi connectivity index (χ3v) is 3.59. The molecule has 0 bridgehead atoms. The number of carbonyl (C=O) groups is 1. The van der Waals surface area contributed by atoms with Gasteiger partial charge in [-0.1, -0.05) is 19.1 Å². The third kappa shape index (κ3) is 5.20. The molecule has 2 aromatic rings. The molecule has 2 aromatic carbocycles. The van der Waals surface area contributed by atoms with Crippen molar-refractivity contribution in [1.29, 1.82) is 0 Å². The lowest BCUT2D eigenvalue weighted by Gasteiger charge is -2.09. The summed E-state index contributed by atoms with van der Waals surface area (Å²) in [7, 11) is 1.35. The van der Waals surface area contributed by atoms with Crippen LogP contribution in [-0.4, -0.2) is 24.5 Å². The smallest absolute Gasteiger partial charge is 0.312 e. The summed E-state index contributed by atoms with van der Waals surface area (Å²) in [5, 5.41) is 13.6. The molecule has 0 heterocycles. The normalized spacial score (nSPS) is 10.2. The minimum absolute atomic E-state index is 0.134. The van der Waals surface area contributed by atoms with E-state index in [9.17, 15) is 14.9 Å². The van der Waals surface area contributed by atoms with E-state index in [4.69, 9.17) is 9.47 Å². The number of methoxy groups -OCH3 is 1. The van der Waals surface area contributed by atoms with Gasteiger partial charge in [0, 0.05) is 11.8 Å². The van der Waals surface area contributed by atoms with E-state index in [2.05, 4.69) is 12.2 Å². The van der Waals surface area contributed by atoms with Crippen LogP contribution in [-0.2, 0) is 11.2 Å². The van der Waals surface area contributed by atoms with Gasteiger partial charge in [0.2, 0.25) is 5.91 Å². The molecule has 0 aromatic heterocycles. The number of rotatable bonds is 8. The van der Waals surface area contributed by atoms with Gasteiger partial charge in [0.15, 0.2) is 5.75 Å². The Kier molecular flexibility index (Phi) is 6.33. The molecule has 0 unspecified atom stereocenters. The first-order valence-corrected chi connectivity index (χ1v) is 7.87. The lowest BCUT2D eigenvalue weighted by atomic mass is 10.2. The van der Waals surface area contributed by atoms with Crippen LogP contribution >= 0.6 is 0 Å². The fraction of sp³-hybridized carbons (Fsp3) is 0.278. The van der Waals surface area contributed by atoms with Crippen molar-refractivity contribution in [2.45, 2.75) is 19.8 Å². The number of carbonyl (C=O) groups excluding carboxylic acids is 1. The number of nitro benzene ring substituents is 1. The summed E-state index contributed by atoms with van der Waals surface area (Å²) in [6, 6.07) is 11.9. The van der Waals surface area contributed by atoms with Gasteiger partial charge in [-0.25, -0.2) is 0 Å². The van der Waals surface area contributed by atoms with Crippen LogP contribution in [0.2, 0.25) is 0 Å². The minimum atomic E-state index is -0.558. The van der Waals surface area contributed by atoms with Gasteiger partial charge in [0.05, 0.1) is 25.1 Å². The molecule has 1 amide bonds. The van der Waals surface area contributed by atoms with Crippen molar-refractivity contribution in [3.05, 3.63) is 58.1 Å². The molecule has 7 heteroatoms. The van der Waals surface area contributed by atoms with Crippen molar-refractivity contribution in [1.82, 2.24) is 0 Å². The zero-order chi connectivity index (χ0) is 18.2. The summed E-state index contributed by atoms with van der Waals surface area (Å²) in [5.74, 6) is 0.552. The summed E-state index contributed by atoms with van der Waals surface area (Å²) >= 11 is 0. The van der Waals surface area contributed by atoms with Crippen molar-refractivity contribution in [2.24, 2.45) is 0 Å². The second-order valence-electron chi connectivity index (χ2n) is 5.29. The predicted octanol–water partition coefficient (Wildman–Crippen LogP) is 3.57. The van der Waals surface area contributed by atoms with Crippen LogP contribution in [0.15, 0.2) is 42.5 Å². The molecule has 0 saturated heterocycles. The van der Waals surface area contributed by atoms with Gasteiger partial charge in [-0.15, -0.1) is 0 Å². The van der Waals surface area contributed by atoms with Crippen LogP contribution < -0.4 is 14.8 Å². The monoisotopic (exact) mass is 344 g/mol. The van der Waals surface area contributed by atoms with Crippen molar-refractivity contribution in [2.75, 3.05) is 19.0 Å². The SMILES string of the molecule is CCc1ccc(OCCC(=O)Nc2ccc(OC)c([N+](=O)[O-])c2)cc1. The molecule has 25 heavy (non-hydrogen) atoms. The number of hydrogen-bond donors (Lipinski definition) is 1. The molecule has 1 N–H and O–H groups in total. The summed E-state index contributed by atoms with van der Waals surface area (Å²) < 4.78 is 10.4.